The van der Waals surface area contributed by atoms with E-state index in [1.165, 1.54) is 76.5 Å². The Kier molecular flexibility index (Phi) is 7.08. The van der Waals surface area contributed by atoms with Crippen molar-refractivity contribution in [1.82, 2.24) is 9.38 Å². The first-order chi connectivity index (χ1) is 21.8. The smallest absolute Gasteiger partial charge is 0.0823 e. The van der Waals surface area contributed by atoms with Gasteiger partial charge >= 0.3 is 0 Å². The van der Waals surface area contributed by atoms with Crippen LogP contribution in [-0.2, 0) is 25.7 Å². The van der Waals surface area contributed by atoms with E-state index in [9.17, 15) is 0 Å². The van der Waals surface area contributed by atoms with E-state index >= 15 is 0 Å². The highest BCUT2D eigenvalue weighted by Gasteiger charge is 2.30. The topological polar surface area (TPSA) is 17.3 Å². The minimum absolute atomic E-state index is 0.113. The molecule has 0 aliphatic heterocycles. The number of rotatable bonds is 4. The summed E-state index contributed by atoms with van der Waals surface area (Å²) in [7, 11) is 0. The van der Waals surface area contributed by atoms with Gasteiger partial charge in [0, 0.05) is 27.7 Å². The van der Waals surface area contributed by atoms with Gasteiger partial charge in [-0.15, -0.1) is 0 Å². The molecule has 0 aliphatic rings. The zero-order valence-electron chi connectivity index (χ0n) is 31.0. The zero-order chi connectivity index (χ0) is 33.8. The summed E-state index contributed by atoms with van der Waals surface area (Å²) in [5.74, 6) is 0. The Morgan fingerprint density at radius 1 is 0.511 bits per heavy atom. The summed E-state index contributed by atoms with van der Waals surface area (Å²) in [6.07, 6.45) is 6.20. The van der Waals surface area contributed by atoms with Gasteiger partial charge in [0.05, 0.1) is 22.1 Å². The molecule has 2 heteroatoms. The fourth-order valence-electron chi connectivity index (χ4n) is 8.33. The maximum atomic E-state index is 5.29. The Morgan fingerprint density at radius 2 is 1.13 bits per heavy atom. The molecule has 4 aromatic carbocycles. The van der Waals surface area contributed by atoms with Gasteiger partial charge < -0.3 is 4.40 Å². The van der Waals surface area contributed by atoms with E-state index in [2.05, 4.69) is 148 Å². The first kappa shape index (κ1) is 31.9. The van der Waals surface area contributed by atoms with Crippen molar-refractivity contribution in [2.24, 2.45) is 21.7 Å². The molecule has 0 N–H and O–H groups in total. The molecule has 0 saturated carbocycles. The lowest BCUT2D eigenvalue weighted by molar-refractivity contribution is 0.395. The predicted molar refractivity (Wildman–Crippen MR) is 207 cm³/mol. The van der Waals surface area contributed by atoms with E-state index in [1.807, 2.05) is 0 Å². The van der Waals surface area contributed by atoms with Crippen molar-refractivity contribution in [3.63, 3.8) is 0 Å². The second-order valence-electron chi connectivity index (χ2n) is 19.4. The largest absolute Gasteiger partial charge is 0.308 e. The minimum atomic E-state index is 0.113. The van der Waals surface area contributed by atoms with Gasteiger partial charge in [0.25, 0.3) is 0 Å². The highest BCUT2D eigenvalue weighted by Crippen LogP contribution is 2.48. The van der Waals surface area contributed by atoms with E-state index in [0.717, 1.165) is 31.2 Å². The average molecular weight is 623 g/mol. The zero-order valence-corrected chi connectivity index (χ0v) is 31.0. The number of benzene rings is 4. The number of nitrogens with zero attached hydrogens (tertiary/aromatic N) is 2. The highest BCUT2D eigenvalue weighted by molar-refractivity contribution is 6.30. The van der Waals surface area contributed by atoms with Gasteiger partial charge in [-0.2, -0.15) is 0 Å². The number of hydrogen-bond donors (Lipinski definition) is 0. The van der Waals surface area contributed by atoms with E-state index in [0.29, 0.717) is 0 Å². The van der Waals surface area contributed by atoms with Crippen molar-refractivity contribution in [3.05, 3.63) is 83.0 Å². The number of hydrogen-bond acceptors (Lipinski definition) is 1. The molecular weight excluding hydrogens is 569 g/mol. The number of aromatic nitrogens is 2. The van der Waals surface area contributed by atoms with E-state index in [1.54, 1.807) is 0 Å². The fraction of sp³-hybridized carbons (Fsp3) is 0.444. The van der Waals surface area contributed by atoms with Gasteiger partial charge in [-0.1, -0.05) is 119 Å². The molecule has 0 bridgehead atoms. The number of pyridine rings is 2. The summed E-state index contributed by atoms with van der Waals surface area (Å²) in [4.78, 5) is 5.29. The summed E-state index contributed by atoms with van der Waals surface area (Å²) in [5.41, 5.74) is 11.7. The van der Waals surface area contributed by atoms with Gasteiger partial charge in [-0.25, -0.2) is 0 Å². The van der Waals surface area contributed by atoms with Crippen molar-refractivity contribution in [1.29, 1.82) is 0 Å². The SMILES string of the molecule is CC(C)(C)Cc1ccc2c(CC(C)(C)C)c3c(cc2c1)c1nccc2c(CC(C)(C)C)c(CC(C)(C)C)c4c5ccccc5n3c4c21. The Morgan fingerprint density at radius 3 is 1.79 bits per heavy atom. The van der Waals surface area contributed by atoms with Crippen LogP contribution in [0.4, 0.5) is 0 Å². The Hall–Kier alpha value is -3.65. The van der Waals surface area contributed by atoms with Crippen LogP contribution in [0, 0.1) is 21.7 Å². The molecule has 0 amide bonds. The maximum Gasteiger partial charge on any atom is 0.0823 e. The first-order valence-corrected chi connectivity index (χ1v) is 17.7. The van der Waals surface area contributed by atoms with Crippen molar-refractivity contribution in [2.45, 2.75) is 109 Å². The number of fused-ring (bicyclic) bond motifs is 7. The van der Waals surface area contributed by atoms with E-state index < -0.39 is 0 Å². The van der Waals surface area contributed by atoms with Crippen LogP contribution in [0.15, 0.2) is 60.8 Å². The molecule has 47 heavy (non-hydrogen) atoms. The molecule has 0 aliphatic carbocycles. The fourth-order valence-corrected chi connectivity index (χ4v) is 8.33. The monoisotopic (exact) mass is 622 g/mol. The lowest BCUT2D eigenvalue weighted by Gasteiger charge is -2.28. The Balaban J connectivity index is 1.78. The van der Waals surface area contributed by atoms with Gasteiger partial charge in [0.1, 0.15) is 0 Å². The second-order valence-corrected chi connectivity index (χ2v) is 19.4. The van der Waals surface area contributed by atoms with Gasteiger partial charge in [0.2, 0.25) is 0 Å². The minimum Gasteiger partial charge on any atom is -0.308 e. The van der Waals surface area contributed by atoms with E-state index in [-0.39, 0.29) is 21.7 Å². The molecule has 3 aromatic heterocycles. The molecule has 0 unspecified atom stereocenters. The van der Waals surface area contributed by atoms with Gasteiger partial charge in [0.15, 0.2) is 0 Å². The van der Waals surface area contributed by atoms with Crippen molar-refractivity contribution >= 4 is 59.8 Å². The predicted octanol–water partition coefficient (Wildman–Crippen LogP) is 12.9. The molecule has 2 nitrogen and oxygen atoms in total. The third-order valence-electron chi connectivity index (χ3n) is 9.67. The van der Waals surface area contributed by atoms with Gasteiger partial charge in [-0.3, -0.25) is 4.98 Å². The standard InChI is InChI=1S/C45H54N2/c1-42(2,3)23-27-17-18-29-28(21-27)22-32-39-38-30(19-20-46-39)33(24-43(4,5)6)34(25-44(7,8)9)37-31-15-13-14-16-36(31)47(41(37)38)40(32)35(29)26-45(10,11)12/h13-22H,23-26H2,1-12H3. The van der Waals surface area contributed by atoms with Crippen molar-refractivity contribution in [3.8, 4) is 0 Å². The Labute approximate surface area is 281 Å². The van der Waals surface area contributed by atoms with Crippen LogP contribution in [0.25, 0.3) is 59.8 Å². The van der Waals surface area contributed by atoms with Crippen LogP contribution in [0.1, 0.15) is 105 Å². The first-order valence-electron chi connectivity index (χ1n) is 17.7. The van der Waals surface area contributed by atoms with E-state index in [4.69, 9.17) is 4.98 Å². The van der Waals surface area contributed by atoms with Crippen LogP contribution in [0.5, 0.6) is 0 Å². The Bertz CT molecular complexity index is 2320. The summed E-state index contributed by atoms with van der Waals surface area (Å²) in [6, 6.07) is 21.2. The summed E-state index contributed by atoms with van der Waals surface area (Å²) < 4.78 is 2.66. The van der Waals surface area contributed by atoms with Crippen LogP contribution < -0.4 is 0 Å². The van der Waals surface area contributed by atoms with Crippen LogP contribution in [0.3, 0.4) is 0 Å². The molecule has 0 radical (unpaired) electrons. The third kappa shape index (κ3) is 5.66. The van der Waals surface area contributed by atoms with Crippen LogP contribution >= 0.6 is 0 Å². The lowest BCUT2D eigenvalue weighted by Crippen LogP contribution is -2.16. The van der Waals surface area contributed by atoms with Crippen molar-refractivity contribution < 1.29 is 0 Å². The summed E-state index contributed by atoms with van der Waals surface area (Å²) in [5, 5.41) is 9.49. The normalized spacial score (nSPS) is 13.9. The quantitative estimate of drug-likeness (QED) is 0.141. The van der Waals surface area contributed by atoms with Crippen LogP contribution in [0.2, 0.25) is 0 Å². The summed E-state index contributed by atoms with van der Waals surface area (Å²) in [6.45, 7) is 28.5. The molecule has 0 fully saturated rings. The molecular formula is C45H54N2. The molecule has 0 atom stereocenters. The van der Waals surface area contributed by atoms with Crippen LogP contribution in [-0.4, -0.2) is 9.38 Å². The van der Waals surface area contributed by atoms with Gasteiger partial charge in [-0.05, 0) is 104 Å². The molecule has 0 spiro atoms. The maximum absolute atomic E-state index is 5.29. The molecule has 244 valence electrons. The highest BCUT2D eigenvalue weighted by atomic mass is 14.9. The van der Waals surface area contributed by atoms with Crippen molar-refractivity contribution in [2.75, 3.05) is 0 Å². The average Bonchev–Trinajstić information content (AvgIpc) is 3.27. The number of para-hydroxylation sites is 1. The molecule has 0 saturated heterocycles. The second kappa shape index (κ2) is 10.4. The molecule has 7 rings (SSSR count). The molecule has 7 aromatic rings. The lowest BCUT2D eigenvalue weighted by atomic mass is 9.77. The summed E-state index contributed by atoms with van der Waals surface area (Å²) >= 11 is 0. The molecule has 3 heterocycles. The third-order valence-corrected chi connectivity index (χ3v) is 9.67.